The van der Waals surface area contributed by atoms with Crippen molar-refractivity contribution in [2.24, 2.45) is 0 Å². The van der Waals surface area contributed by atoms with Crippen LogP contribution in [0.4, 0.5) is 15.8 Å². The first-order chi connectivity index (χ1) is 14.3. The number of halogens is 2. The van der Waals surface area contributed by atoms with E-state index in [0.29, 0.717) is 28.7 Å². The van der Waals surface area contributed by atoms with Gasteiger partial charge in [-0.2, -0.15) is 0 Å². The molecule has 1 aliphatic rings. The molecule has 2 aromatic rings. The number of carbonyl (C=O) groups is 2. The molecular formula is C21H19ClFN3O3S. The molecular weight excluding hydrogens is 429 g/mol. The van der Waals surface area contributed by atoms with Crippen molar-refractivity contribution in [1.29, 1.82) is 0 Å². The van der Waals surface area contributed by atoms with E-state index in [0.717, 1.165) is 0 Å². The van der Waals surface area contributed by atoms with Gasteiger partial charge in [0.15, 0.2) is 5.11 Å². The average Bonchev–Trinajstić information content (AvgIpc) is 2.94. The highest BCUT2D eigenvalue weighted by Gasteiger charge is 2.43. The second-order valence-corrected chi connectivity index (χ2v) is 7.26. The van der Waals surface area contributed by atoms with Crippen LogP contribution >= 0.6 is 23.8 Å². The van der Waals surface area contributed by atoms with Gasteiger partial charge in [-0.05, 0) is 54.7 Å². The minimum Gasteiger partial charge on any atom is -0.495 e. The molecule has 1 saturated heterocycles. The van der Waals surface area contributed by atoms with Gasteiger partial charge in [-0.15, -0.1) is 6.58 Å². The summed E-state index contributed by atoms with van der Waals surface area (Å²) in [6, 6.07) is 9.45. The van der Waals surface area contributed by atoms with Crippen LogP contribution in [0, 0.1) is 5.82 Å². The number of thiocarbonyl (C=S) groups is 1. The number of ether oxygens (including phenoxy) is 1. The van der Waals surface area contributed by atoms with Gasteiger partial charge >= 0.3 is 0 Å². The van der Waals surface area contributed by atoms with Gasteiger partial charge in [0.05, 0.1) is 24.2 Å². The van der Waals surface area contributed by atoms with Crippen LogP contribution in [0.1, 0.15) is 6.42 Å². The van der Waals surface area contributed by atoms with Gasteiger partial charge in [0.2, 0.25) is 5.91 Å². The topological polar surface area (TPSA) is 61.9 Å². The summed E-state index contributed by atoms with van der Waals surface area (Å²) in [6.07, 6.45) is 1.47. The smallest absolute Gasteiger partial charge is 0.256 e. The highest BCUT2D eigenvalue weighted by atomic mass is 35.5. The summed E-state index contributed by atoms with van der Waals surface area (Å²) in [5, 5.41) is 3.25. The third-order valence-corrected chi connectivity index (χ3v) is 5.26. The van der Waals surface area contributed by atoms with Gasteiger partial charge in [0.1, 0.15) is 17.6 Å². The number of nitrogens with one attached hydrogen (secondary N) is 1. The lowest BCUT2D eigenvalue weighted by Gasteiger charge is -2.22. The summed E-state index contributed by atoms with van der Waals surface area (Å²) in [6.45, 7) is 3.99. The predicted octanol–water partition coefficient (Wildman–Crippen LogP) is 4.00. The molecule has 0 bridgehead atoms. The highest BCUT2D eigenvalue weighted by Crippen LogP contribution is 2.33. The largest absolute Gasteiger partial charge is 0.495 e. The van der Waals surface area contributed by atoms with Crippen molar-refractivity contribution in [2.75, 3.05) is 23.9 Å². The van der Waals surface area contributed by atoms with Crippen LogP contribution in [0.15, 0.2) is 55.1 Å². The lowest BCUT2D eigenvalue weighted by molar-refractivity contribution is -0.124. The fourth-order valence-electron chi connectivity index (χ4n) is 3.13. The first kappa shape index (κ1) is 21.7. The fraction of sp³-hybridized carbons (Fsp3) is 0.190. The van der Waals surface area contributed by atoms with Crippen molar-refractivity contribution in [1.82, 2.24) is 4.90 Å². The molecule has 1 N–H and O–H groups in total. The van der Waals surface area contributed by atoms with Crippen molar-refractivity contribution in [3.05, 3.63) is 66.0 Å². The number of methoxy groups -OCH3 is 1. The maximum atomic E-state index is 13.2. The minimum absolute atomic E-state index is 0.134. The zero-order chi connectivity index (χ0) is 21.8. The monoisotopic (exact) mass is 447 g/mol. The molecule has 0 aromatic heterocycles. The van der Waals surface area contributed by atoms with Gasteiger partial charge in [-0.1, -0.05) is 17.7 Å². The molecule has 2 aromatic carbocycles. The van der Waals surface area contributed by atoms with E-state index in [1.807, 2.05) is 0 Å². The molecule has 156 valence electrons. The molecule has 0 aliphatic carbocycles. The molecule has 2 amide bonds. The standard InChI is InChI=1S/C21H19ClFN3O3S/c1-3-10-25-17(12-19(27)24-14-6-4-13(23)5-7-14)20(28)26(21(25)30)15-8-9-18(29-2)16(22)11-15/h3-9,11,17H,1,10,12H2,2H3,(H,24,27). The Bertz CT molecular complexity index is 999. The quantitative estimate of drug-likeness (QED) is 0.513. The van der Waals surface area contributed by atoms with Gasteiger partial charge in [-0.3, -0.25) is 14.5 Å². The van der Waals surface area contributed by atoms with Gasteiger partial charge in [0.25, 0.3) is 5.91 Å². The molecule has 1 unspecified atom stereocenters. The predicted molar refractivity (Wildman–Crippen MR) is 118 cm³/mol. The Hall–Kier alpha value is -2.97. The minimum atomic E-state index is -0.808. The molecule has 6 nitrogen and oxygen atoms in total. The number of nitrogens with zero attached hydrogens (tertiary/aromatic N) is 2. The summed E-state index contributed by atoms with van der Waals surface area (Å²) in [7, 11) is 1.49. The summed E-state index contributed by atoms with van der Waals surface area (Å²) < 4.78 is 18.2. The van der Waals surface area contributed by atoms with Crippen LogP contribution in [0.5, 0.6) is 5.75 Å². The van der Waals surface area contributed by atoms with E-state index in [2.05, 4.69) is 11.9 Å². The molecule has 1 atom stereocenters. The lowest BCUT2D eigenvalue weighted by Crippen LogP contribution is -2.37. The number of anilines is 2. The highest BCUT2D eigenvalue weighted by molar-refractivity contribution is 7.80. The number of hydrogen-bond donors (Lipinski definition) is 1. The van der Waals surface area contributed by atoms with Gasteiger partial charge in [0, 0.05) is 12.2 Å². The zero-order valence-electron chi connectivity index (χ0n) is 16.1. The summed E-state index contributed by atoms with van der Waals surface area (Å²) in [5.41, 5.74) is 0.912. The third kappa shape index (κ3) is 4.44. The van der Waals surface area contributed by atoms with E-state index in [9.17, 15) is 14.0 Å². The van der Waals surface area contributed by atoms with E-state index >= 15 is 0 Å². The normalized spacial score (nSPS) is 16.0. The van der Waals surface area contributed by atoms with Crippen LogP contribution in [0.3, 0.4) is 0 Å². The van der Waals surface area contributed by atoms with Crippen LogP contribution in [0.2, 0.25) is 5.02 Å². The van der Waals surface area contributed by atoms with E-state index in [-0.39, 0.29) is 17.4 Å². The first-order valence-electron chi connectivity index (χ1n) is 9.00. The molecule has 1 fully saturated rings. The van der Waals surface area contributed by atoms with Crippen molar-refractivity contribution in [3.8, 4) is 5.75 Å². The first-order valence-corrected chi connectivity index (χ1v) is 9.78. The Labute approximate surface area is 183 Å². The molecule has 3 rings (SSSR count). The maximum absolute atomic E-state index is 13.2. The molecule has 0 spiro atoms. The lowest BCUT2D eigenvalue weighted by atomic mass is 10.1. The Morgan fingerprint density at radius 2 is 2.03 bits per heavy atom. The summed E-state index contributed by atoms with van der Waals surface area (Å²) in [5.74, 6) is -0.685. The molecule has 1 aliphatic heterocycles. The van der Waals surface area contributed by atoms with E-state index in [1.165, 1.54) is 36.3 Å². The van der Waals surface area contributed by atoms with Gasteiger partial charge < -0.3 is 15.0 Å². The Kier molecular flexibility index (Phi) is 6.69. The molecule has 0 radical (unpaired) electrons. The Balaban J connectivity index is 1.82. The third-order valence-electron chi connectivity index (χ3n) is 4.54. The molecule has 0 saturated carbocycles. The van der Waals surface area contributed by atoms with Crippen LogP contribution in [0.25, 0.3) is 0 Å². The second kappa shape index (κ2) is 9.23. The van der Waals surface area contributed by atoms with Crippen molar-refractivity contribution in [2.45, 2.75) is 12.5 Å². The SMILES string of the molecule is C=CCN1C(=S)N(c2ccc(OC)c(Cl)c2)C(=O)C1CC(=O)Nc1ccc(F)cc1. The van der Waals surface area contributed by atoms with Gasteiger partial charge in [-0.25, -0.2) is 4.39 Å². The fourth-order valence-corrected chi connectivity index (χ4v) is 3.78. The average molecular weight is 448 g/mol. The molecule has 30 heavy (non-hydrogen) atoms. The summed E-state index contributed by atoms with van der Waals surface area (Å²) >= 11 is 11.7. The van der Waals surface area contributed by atoms with Crippen LogP contribution in [-0.2, 0) is 9.59 Å². The second-order valence-electron chi connectivity index (χ2n) is 6.49. The van der Waals surface area contributed by atoms with Crippen molar-refractivity contribution >= 4 is 52.1 Å². The van der Waals surface area contributed by atoms with E-state index in [1.54, 1.807) is 29.2 Å². The molecule has 9 heteroatoms. The Morgan fingerprint density at radius 3 is 2.63 bits per heavy atom. The number of amides is 2. The molecule has 1 heterocycles. The number of rotatable bonds is 7. The van der Waals surface area contributed by atoms with E-state index in [4.69, 9.17) is 28.6 Å². The number of carbonyl (C=O) groups excluding carboxylic acids is 2. The van der Waals surface area contributed by atoms with Crippen molar-refractivity contribution < 1.29 is 18.7 Å². The van der Waals surface area contributed by atoms with Crippen LogP contribution < -0.4 is 15.0 Å². The van der Waals surface area contributed by atoms with Crippen LogP contribution in [-0.4, -0.2) is 41.5 Å². The number of benzene rings is 2. The zero-order valence-corrected chi connectivity index (χ0v) is 17.7. The Morgan fingerprint density at radius 1 is 1.33 bits per heavy atom. The summed E-state index contributed by atoms with van der Waals surface area (Å²) in [4.78, 5) is 28.7. The maximum Gasteiger partial charge on any atom is 0.256 e. The van der Waals surface area contributed by atoms with E-state index < -0.39 is 17.8 Å². The van der Waals surface area contributed by atoms with Crippen molar-refractivity contribution in [3.63, 3.8) is 0 Å². The number of hydrogen-bond acceptors (Lipinski definition) is 4.